The number of hydrogen-bond donors (Lipinski definition) is 1. The van der Waals surface area contributed by atoms with Gasteiger partial charge in [0.1, 0.15) is 0 Å². The fourth-order valence-electron chi connectivity index (χ4n) is 4.43. The smallest absolute Gasteiger partial charge is 0.193 e. The number of hydrogen-bond acceptors (Lipinski definition) is 3. The van der Waals surface area contributed by atoms with Gasteiger partial charge >= 0.3 is 0 Å². The van der Waals surface area contributed by atoms with Gasteiger partial charge in [-0.25, -0.2) is 0 Å². The first kappa shape index (κ1) is 21.5. The van der Waals surface area contributed by atoms with Crippen molar-refractivity contribution in [3.8, 4) is 0 Å². The summed E-state index contributed by atoms with van der Waals surface area (Å²) in [6.07, 6.45) is 5.98. The highest BCUT2D eigenvalue weighted by Gasteiger charge is 2.30. The normalized spacial score (nSPS) is 21.3. The summed E-state index contributed by atoms with van der Waals surface area (Å²) in [5.41, 5.74) is 3.89. The number of guanidine groups is 1. The SMILES string of the molecule is CCc1nn(C)c(CC)c1CNC(=NC)N1CCC(N2CCCC2)C1.I. The third-order valence-corrected chi connectivity index (χ3v) is 5.78. The van der Waals surface area contributed by atoms with Crippen molar-refractivity contribution in [2.75, 3.05) is 33.2 Å². The Labute approximate surface area is 175 Å². The van der Waals surface area contributed by atoms with E-state index in [4.69, 9.17) is 0 Å². The summed E-state index contributed by atoms with van der Waals surface area (Å²) >= 11 is 0. The van der Waals surface area contributed by atoms with Gasteiger partial charge in [0.25, 0.3) is 0 Å². The number of nitrogens with one attached hydrogen (secondary N) is 1. The van der Waals surface area contributed by atoms with Gasteiger partial charge in [-0.3, -0.25) is 14.6 Å². The summed E-state index contributed by atoms with van der Waals surface area (Å²) < 4.78 is 2.04. The molecule has 1 N–H and O–H groups in total. The fraction of sp³-hybridized carbons (Fsp3) is 0.789. The third kappa shape index (κ3) is 4.52. The molecule has 1 aromatic rings. The lowest BCUT2D eigenvalue weighted by Crippen LogP contribution is -2.42. The number of aryl methyl sites for hydroxylation is 2. The number of aliphatic imine (C=N–C) groups is 1. The number of likely N-dealkylation sites (tertiary alicyclic amines) is 2. The first-order valence-corrected chi connectivity index (χ1v) is 9.91. The summed E-state index contributed by atoms with van der Waals surface area (Å²) in [6.45, 7) is 9.97. The molecule has 0 aliphatic carbocycles. The molecule has 6 nitrogen and oxygen atoms in total. The molecule has 148 valence electrons. The largest absolute Gasteiger partial charge is 0.352 e. The van der Waals surface area contributed by atoms with Crippen molar-refractivity contribution in [1.29, 1.82) is 0 Å². The summed E-state index contributed by atoms with van der Waals surface area (Å²) in [5.74, 6) is 1.04. The van der Waals surface area contributed by atoms with Crippen LogP contribution in [0.2, 0.25) is 0 Å². The molecule has 3 heterocycles. The van der Waals surface area contributed by atoms with Crippen molar-refractivity contribution in [2.45, 2.75) is 58.5 Å². The van der Waals surface area contributed by atoms with Crippen molar-refractivity contribution < 1.29 is 0 Å². The lowest BCUT2D eigenvalue weighted by Gasteiger charge is -2.25. The highest BCUT2D eigenvalue weighted by atomic mass is 127. The van der Waals surface area contributed by atoms with Crippen LogP contribution in [-0.4, -0.2) is 64.8 Å². The zero-order chi connectivity index (χ0) is 17.8. The summed E-state index contributed by atoms with van der Waals surface area (Å²) in [5, 5.41) is 8.29. The molecule has 1 unspecified atom stereocenters. The van der Waals surface area contributed by atoms with E-state index < -0.39 is 0 Å². The molecule has 0 bridgehead atoms. The standard InChI is InChI=1S/C19H34N6.HI/c1-5-17-16(18(6-2)23(4)22-17)13-21-19(20-3)25-12-9-15(14-25)24-10-7-8-11-24;/h15H,5-14H2,1-4H3,(H,20,21);1H. The van der Waals surface area contributed by atoms with Crippen LogP contribution in [0.1, 0.15) is 50.1 Å². The van der Waals surface area contributed by atoms with Gasteiger partial charge in [-0.2, -0.15) is 5.10 Å². The van der Waals surface area contributed by atoms with E-state index in [1.165, 1.54) is 49.3 Å². The molecule has 0 amide bonds. The monoisotopic (exact) mass is 474 g/mol. The van der Waals surface area contributed by atoms with Crippen molar-refractivity contribution in [1.82, 2.24) is 24.9 Å². The van der Waals surface area contributed by atoms with Gasteiger partial charge in [-0.1, -0.05) is 13.8 Å². The van der Waals surface area contributed by atoms with Gasteiger partial charge in [-0.05, 0) is 45.2 Å². The quantitative estimate of drug-likeness (QED) is 0.405. The van der Waals surface area contributed by atoms with E-state index in [-0.39, 0.29) is 24.0 Å². The van der Waals surface area contributed by atoms with E-state index >= 15 is 0 Å². The molecule has 0 saturated carbocycles. The second-order valence-electron chi connectivity index (χ2n) is 7.24. The molecule has 2 saturated heterocycles. The number of nitrogens with zero attached hydrogens (tertiary/aromatic N) is 5. The predicted molar refractivity (Wildman–Crippen MR) is 118 cm³/mol. The van der Waals surface area contributed by atoms with E-state index in [0.29, 0.717) is 6.04 Å². The first-order chi connectivity index (χ1) is 12.2. The van der Waals surface area contributed by atoms with E-state index in [9.17, 15) is 0 Å². The molecule has 3 rings (SSSR count). The van der Waals surface area contributed by atoms with Crippen molar-refractivity contribution in [3.63, 3.8) is 0 Å². The van der Waals surface area contributed by atoms with Gasteiger partial charge in [-0.15, -0.1) is 24.0 Å². The third-order valence-electron chi connectivity index (χ3n) is 5.78. The minimum Gasteiger partial charge on any atom is -0.352 e. The lowest BCUT2D eigenvalue weighted by molar-refractivity contribution is 0.249. The van der Waals surface area contributed by atoms with Gasteiger partial charge in [0.2, 0.25) is 0 Å². The van der Waals surface area contributed by atoms with Crippen molar-refractivity contribution in [2.24, 2.45) is 12.0 Å². The molecule has 2 aliphatic heterocycles. The predicted octanol–water partition coefficient (Wildman–Crippen LogP) is 2.41. The average molecular weight is 474 g/mol. The average Bonchev–Trinajstić information content (AvgIpc) is 3.34. The highest BCUT2D eigenvalue weighted by Crippen LogP contribution is 2.21. The van der Waals surface area contributed by atoms with E-state index in [2.05, 4.69) is 46.1 Å². The van der Waals surface area contributed by atoms with Gasteiger partial charge in [0.05, 0.1) is 5.69 Å². The minimum atomic E-state index is 0. The van der Waals surface area contributed by atoms with E-state index in [0.717, 1.165) is 38.4 Å². The first-order valence-electron chi connectivity index (χ1n) is 9.91. The number of halogens is 1. The molecular formula is C19H35IN6. The Morgan fingerprint density at radius 2 is 1.92 bits per heavy atom. The van der Waals surface area contributed by atoms with E-state index in [1.807, 2.05) is 11.7 Å². The lowest BCUT2D eigenvalue weighted by atomic mass is 10.1. The second kappa shape index (κ2) is 9.92. The van der Waals surface area contributed by atoms with Crippen LogP contribution < -0.4 is 5.32 Å². The Bertz CT molecular complexity index is 605. The molecule has 26 heavy (non-hydrogen) atoms. The Kier molecular flexibility index (Phi) is 8.19. The molecule has 0 spiro atoms. The van der Waals surface area contributed by atoms with Crippen LogP contribution >= 0.6 is 24.0 Å². The molecule has 2 aliphatic rings. The Morgan fingerprint density at radius 1 is 1.19 bits per heavy atom. The van der Waals surface area contributed by atoms with Crippen LogP contribution in [0.25, 0.3) is 0 Å². The number of aromatic nitrogens is 2. The summed E-state index contributed by atoms with van der Waals surface area (Å²) in [7, 11) is 3.95. The molecule has 0 radical (unpaired) electrons. The van der Waals surface area contributed by atoms with E-state index in [1.54, 1.807) is 0 Å². The van der Waals surface area contributed by atoms with Crippen molar-refractivity contribution >= 4 is 29.9 Å². The molecule has 1 atom stereocenters. The van der Waals surface area contributed by atoms with Gasteiger partial charge in [0.15, 0.2) is 5.96 Å². The Morgan fingerprint density at radius 3 is 2.54 bits per heavy atom. The molecular weight excluding hydrogens is 439 g/mol. The Balaban J connectivity index is 0.00000243. The van der Waals surface area contributed by atoms with Crippen LogP contribution in [0, 0.1) is 0 Å². The molecule has 2 fully saturated rings. The maximum Gasteiger partial charge on any atom is 0.193 e. The second-order valence-corrected chi connectivity index (χ2v) is 7.24. The maximum atomic E-state index is 4.68. The topological polar surface area (TPSA) is 48.7 Å². The van der Waals surface area contributed by atoms with Crippen molar-refractivity contribution in [3.05, 3.63) is 17.0 Å². The van der Waals surface area contributed by atoms with Crippen LogP contribution in [0.3, 0.4) is 0 Å². The summed E-state index contributed by atoms with van der Waals surface area (Å²) in [4.78, 5) is 9.64. The maximum absolute atomic E-state index is 4.68. The highest BCUT2D eigenvalue weighted by molar-refractivity contribution is 14.0. The minimum absolute atomic E-state index is 0. The fourth-order valence-corrected chi connectivity index (χ4v) is 4.43. The van der Waals surface area contributed by atoms with Gasteiger partial charge in [0, 0.05) is 51.0 Å². The summed E-state index contributed by atoms with van der Waals surface area (Å²) in [6, 6.07) is 0.705. The van der Waals surface area contributed by atoms with Crippen LogP contribution in [-0.2, 0) is 26.4 Å². The molecule has 1 aromatic heterocycles. The zero-order valence-electron chi connectivity index (χ0n) is 16.8. The Hall–Kier alpha value is -0.830. The zero-order valence-corrected chi connectivity index (χ0v) is 19.1. The van der Waals surface area contributed by atoms with Gasteiger partial charge < -0.3 is 10.2 Å². The van der Waals surface area contributed by atoms with Crippen LogP contribution in [0.15, 0.2) is 4.99 Å². The van der Waals surface area contributed by atoms with Crippen LogP contribution in [0.5, 0.6) is 0 Å². The molecule has 0 aromatic carbocycles. The molecule has 7 heteroatoms. The van der Waals surface area contributed by atoms with Crippen LogP contribution in [0.4, 0.5) is 0 Å². The number of rotatable bonds is 5.